The SMILES string of the molecule is CCCC[P](=O)([Cr])CCCC. The topological polar surface area (TPSA) is 17.1 Å². The summed E-state index contributed by atoms with van der Waals surface area (Å²) in [6, 6.07) is 0. The van der Waals surface area contributed by atoms with Crippen molar-refractivity contribution in [3.8, 4) is 0 Å². The molecule has 3 heteroatoms. The van der Waals surface area contributed by atoms with E-state index < -0.39 is 5.79 Å². The van der Waals surface area contributed by atoms with Crippen LogP contribution in [-0.2, 0) is 20.4 Å². The van der Waals surface area contributed by atoms with E-state index in [2.05, 4.69) is 29.7 Å². The van der Waals surface area contributed by atoms with Crippen molar-refractivity contribution in [2.45, 2.75) is 39.5 Å². The molecule has 0 N–H and O–H groups in total. The second kappa shape index (κ2) is 6.30. The fraction of sp³-hybridized carbons (Fsp3) is 1.00. The van der Waals surface area contributed by atoms with Gasteiger partial charge < -0.3 is 0 Å². The molecule has 1 nitrogen and oxygen atoms in total. The summed E-state index contributed by atoms with van der Waals surface area (Å²) in [5, 5.41) is 0. The van der Waals surface area contributed by atoms with Crippen LogP contribution in [0.1, 0.15) is 39.5 Å². The van der Waals surface area contributed by atoms with Crippen LogP contribution in [0.2, 0.25) is 0 Å². The van der Waals surface area contributed by atoms with E-state index in [1.807, 2.05) is 0 Å². The second-order valence-electron chi connectivity index (χ2n) is 2.97. The summed E-state index contributed by atoms with van der Waals surface area (Å²) >= 11 is 2.88. The Bertz CT molecular complexity index is 124. The molecule has 0 heterocycles. The van der Waals surface area contributed by atoms with E-state index >= 15 is 0 Å². The van der Waals surface area contributed by atoms with Crippen molar-refractivity contribution < 1.29 is 20.4 Å². The van der Waals surface area contributed by atoms with Crippen LogP contribution in [0.15, 0.2) is 0 Å². The van der Waals surface area contributed by atoms with Crippen molar-refractivity contribution in [1.29, 1.82) is 0 Å². The first-order chi connectivity index (χ1) is 5.12. The molecule has 0 bridgehead atoms. The van der Waals surface area contributed by atoms with Gasteiger partial charge in [-0.1, -0.05) is 0 Å². The molecule has 0 saturated carbocycles. The first-order valence-electron chi connectivity index (χ1n) is 4.41. The Morgan fingerprint density at radius 1 is 1.09 bits per heavy atom. The molecular formula is C8H18CrOP. The van der Waals surface area contributed by atoms with Gasteiger partial charge in [-0.25, -0.2) is 0 Å². The van der Waals surface area contributed by atoms with E-state index in [1.54, 1.807) is 0 Å². The maximum absolute atomic E-state index is 11.7. The van der Waals surface area contributed by atoms with Crippen LogP contribution >= 0.6 is 5.79 Å². The van der Waals surface area contributed by atoms with Gasteiger partial charge >= 0.3 is 78.1 Å². The standard InChI is InChI=1S/C8H18OP.Cr/c1-3-5-7-10(9)8-6-4-2;/h3-8H2,1-2H3;/q+1;-1. The number of hydrogen-bond acceptors (Lipinski definition) is 1. The van der Waals surface area contributed by atoms with Crippen molar-refractivity contribution in [2.75, 3.05) is 12.3 Å². The molecule has 0 fully saturated rings. The average Bonchev–Trinajstić information content (AvgIpc) is 1.97. The van der Waals surface area contributed by atoms with Gasteiger partial charge in [0.2, 0.25) is 0 Å². The fourth-order valence-electron chi connectivity index (χ4n) is 0.910. The van der Waals surface area contributed by atoms with Gasteiger partial charge in [0.1, 0.15) is 0 Å². The van der Waals surface area contributed by atoms with Gasteiger partial charge in [0.05, 0.1) is 0 Å². The number of hydrogen-bond donors (Lipinski definition) is 0. The zero-order valence-electron chi connectivity index (χ0n) is 7.51. The zero-order valence-corrected chi connectivity index (χ0v) is 9.68. The third-order valence-corrected chi connectivity index (χ3v) is 5.41. The summed E-state index contributed by atoms with van der Waals surface area (Å²) in [6.45, 7) is 4.28. The monoisotopic (exact) mass is 213 g/mol. The maximum atomic E-state index is 11.7. The Labute approximate surface area is 78.3 Å². The summed E-state index contributed by atoms with van der Waals surface area (Å²) in [4.78, 5) is 0. The molecular weight excluding hydrogens is 195 g/mol. The molecule has 0 aliphatic rings. The molecule has 0 atom stereocenters. The minimum atomic E-state index is -1.85. The van der Waals surface area contributed by atoms with Gasteiger partial charge in [0.15, 0.2) is 0 Å². The van der Waals surface area contributed by atoms with Crippen molar-refractivity contribution >= 4 is 5.79 Å². The van der Waals surface area contributed by atoms with Crippen molar-refractivity contribution in [2.24, 2.45) is 0 Å². The van der Waals surface area contributed by atoms with Crippen LogP contribution in [0.3, 0.4) is 0 Å². The Hall–Kier alpha value is 0.762. The van der Waals surface area contributed by atoms with Crippen molar-refractivity contribution in [1.82, 2.24) is 0 Å². The zero-order chi connectivity index (χ0) is 8.74. The molecule has 0 aromatic carbocycles. The van der Waals surface area contributed by atoms with Gasteiger partial charge in [-0.15, -0.1) is 0 Å². The Morgan fingerprint density at radius 3 is 1.73 bits per heavy atom. The first-order valence-corrected chi connectivity index (χ1v) is 8.12. The number of rotatable bonds is 6. The predicted molar refractivity (Wildman–Crippen MR) is 47.2 cm³/mol. The second-order valence-corrected chi connectivity index (χ2v) is 8.61. The van der Waals surface area contributed by atoms with E-state index in [0.717, 1.165) is 38.0 Å². The average molecular weight is 213 g/mol. The quantitative estimate of drug-likeness (QED) is 0.618. The summed E-state index contributed by atoms with van der Waals surface area (Å²) in [6.07, 6.45) is 6.32. The fourth-order valence-corrected chi connectivity index (χ4v) is 3.94. The molecule has 0 aromatic heterocycles. The Kier molecular flexibility index (Phi) is 6.73. The van der Waals surface area contributed by atoms with Crippen molar-refractivity contribution in [3.63, 3.8) is 0 Å². The molecule has 0 radical (unpaired) electrons. The third-order valence-electron chi connectivity index (χ3n) is 1.70. The van der Waals surface area contributed by atoms with Gasteiger partial charge in [0, 0.05) is 0 Å². The molecule has 0 amide bonds. The van der Waals surface area contributed by atoms with Crippen molar-refractivity contribution in [3.05, 3.63) is 0 Å². The summed E-state index contributed by atoms with van der Waals surface area (Å²) < 4.78 is 11.7. The first kappa shape index (κ1) is 11.8. The van der Waals surface area contributed by atoms with Gasteiger partial charge in [-0.2, -0.15) is 0 Å². The molecule has 0 aliphatic heterocycles. The van der Waals surface area contributed by atoms with E-state index in [4.69, 9.17) is 0 Å². The summed E-state index contributed by atoms with van der Waals surface area (Å²) in [5.41, 5.74) is 0. The molecule has 0 spiro atoms. The van der Waals surface area contributed by atoms with E-state index in [0.29, 0.717) is 0 Å². The normalized spacial score (nSPS) is 11.8. The van der Waals surface area contributed by atoms with Crippen LogP contribution in [-0.4, -0.2) is 12.3 Å². The molecule has 67 valence electrons. The predicted octanol–water partition coefficient (Wildman–Crippen LogP) is 3.41. The van der Waals surface area contributed by atoms with Gasteiger partial charge in [-0.05, 0) is 0 Å². The third kappa shape index (κ3) is 7.13. The van der Waals surface area contributed by atoms with Crippen LogP contribution in [0, 0.1) is 0 Å². The summed E-state index contributed by atoms with van der Waals surface area (Å²) in [7, 11) is 0. The number of unbranched alkanes of at least 4 members (excludes halogenated alkanes) is 2. The van der Waals surface area contributed by atoms with Crippen LogP contribution in [0.4, 0.5) is 0 Å². The minimum absolute atomic E-state index is 0.906. The summed E-state index contributed by atoms with van der Waals surface area (Å²) in [5.74, 6) is -1.85. The van der Waals surface area contributed by atoms with E-state index in [9.17, 15) is 4.57 Å². The van der Waals surface area contributed by atoms with Gasteiger partial charge in [-0.3, -0.25) is 0 Å². The molecule has 0 rings (SSSR count). The van der Waals surface area contributed by atoms with E-state index in [1.165, 1.54) is 0 Å². The molecule has 11 heavy (non-hydrogen) atoms. The molecule has 0 saturated heterocycles. The molecule has 0 aromatic rings. The van der Waals surface area contributed by atoms with Gasteiger partial charge in [0.25, 0.3) is 0 Å². The molecule has 0 aliphatic carbocycles. The van der Waals surface area contributed by atoms with Crippen LogP contribution in [0.5, 0.6) is 0 Å². The van der Waals surface area contributed by atoms with Crippen LogP contribution < -0.4 is 0 Å². The van der Waals surface area contributed by atoms with Crippen LogP contribution in [0.25, 0.3) is 0 Å². The Morgan fingerprint density at radius 2 is 1.45 bits per heavy atom. The Balaban J connectivity index is 3.53. The van der Waals surface area contributed by atoms with E-state index in [-0.39, 0.29) is 0 Å². The molecule has 0 unspecified atom stereocenters.